The maximum Gasteiger partial charge on any atom is 0.152 e. The normalized spacial score (nSPS) is 12.8. The van der Waals surface area contributed by atoms with Gasteiger partial charge in [0.2, 0.25) is 0 Å². The Morgan fingerprint density at radius 3 is 2.72 bits per heavy atom. The van der Waals surface area contributed by atoms with Gasteiger partial charge in [-0.2, -0.15) is 0 Å². The van der Waals surface area contributed by atoms with E-state index in [1.807, 2.05) is 37.3 Å². The fraction of sp³-hybridized carbons (Fsp3) is 0.143. The summed E-state index contributed by atoms with van der Waals surface area (Å²) in [5, 5.41) is 0. The second-order valence-corrected chi connectivity index (χ2v) is 4.24. The van der Waals surface area contributed by atoms with Gasteiger partial charge < -0.3 is 10.2 Å². The zero-order valence-corrected chi connectivity index (χ0v) is 10.00. The van der Waals surface area contributed by atoms with Crippen molar-refractivity contribution in [3.05, 3.63) is 59.7 Å². The molecule has 2 N–H and O–H groups in total. The van der Waals surface area contributed by atoms with Crippen molar-refractivity contribution in [3.63, 3.8) is 0 Å². The topological polar surface area (TPSA) is 64.9 Å². The lowest BCUT2D eigenvalue weighted by Gasteiger charge is -2.07. The Morgan fingerprint density at radius 1 is 1.17 bits per heavy atom. The molecule has 0 amide bonds. The standard InChI is InChI=1S/C14H13N3O/c1-9-2-3-12-11(17-9)8-13(18-12)14(15)10-4-6-16-7-5-10/h2-8,14H,15H2,1H3. The smallest absolute Gasteiger partial charge is 0.152 e. The predicted octanol–water partition coefficient (Wildman–Crippen LogP) is 2.58. The van der Waals surface area contributed by atoms with Crippen LogP contribution >= 0.6 is 0 Å². The number of aromatic nitrogens is 2. The van der Waals surface area contributed by atoms with Crippen LogP contribution in [-0.2, 0) is 0 Å². The molecule has 3 aromatic rings. The molecule has 0 radical (unpaired) electrons. The third kappa shape index (κ3) is 1.87. The lowest BCUT2D eigenvalue weighted by Crippen LogP contribution is -2.10. The zero-order chi connectivity index (χ0) is 12.5. The van der Waals surface area contributed by atoms with Gasteiger partial charge in [-0.3, -0.25) is 4.98 Å². The van der Waals surface area contributed by atoms with Gasteiger partial charge in [0.25, 0.3) is 0 Å². The number of pyridine rings is 2. The van der Waals surface area contributed by atoms with E-state index in [-0.39, 0.29) is 6.04 Å². The molecule has 0 spiro atoms. The fourth-order valence-electron chi connectivity index (χ4n) is 1.93. The van der Waals surface area contributed by atoms with Crippen molar-refractivity contribution in [2.45, 2.75) is 13.0 Å². The van der Waals surface area contributed by atoms with E-state index in [0.29, 0.717) is 5.76 Å². The molecule has 0 aromatic carbocycles. The summed E-state index contributed by atoms with van der Waals surface area (Å²) in [6.07, 6.45) is 3.44. The Bertz CT molecular complexity index is 676. The van der Waals surface area contributed by atoms with Crippen molar-refractivity contribution >= 4 is 11.1 Å². The van der Waals surface area contributed by atoms with Crippen LogP contribution in [-0.4, -0.2) is 9.97 Å². The molecule has 0 aliphatic heterocycles. The van der Waals surface area contributed by atoms with Crippen molar-refractivity contribution in [1.82, 2.24) is 9.97 Å². The number of rotatable bonds is 2. The van der Waals surface area contributed by atoms with E-state index >= 15 is 0 Å². The van der Waals surface area contributed by atoms with Gasteiger partial charge in [-0.05, 0) is 36.8 Å². The Hall–Kier alpha value is -2.20. The monoisotopic (exact) mass is 239 g/mol. The van der Waals surface area contributed by atoms with E-state index in [2.05, 4.69) is 9.97 Å². The first-order valence-corrected chi connectivity index (χ1v) is 5.76. The number of furan rings is 1. The lowest BCUT2D eigenvalue weighted by atomic mass is 10.1. The molecule has 0 saturated carbocycles. The van der Waals surface area contributed by atoms with Gasteiger partial charge in [-0.1, -0.05) is 0 Å². The summed E-state index contributed by atoms with van der Waals surface area (Å²) >= 11 is 0. The summed E-state index contributed by atoms with van der Waals surface area (Å²) in [6.45, 7) is 1.95. The molecule has 0 aliphatic carbocycles. The molecule has 0 aliphatic rings. The average Bonchev–Trinajstić information content (AvgIpc) is 2.81. The van der Waals surface area contributed by atoms with Gasteiger partial charge in [-0.15, -0.1) is 0 Å². The second-order valence-electron chi connectivity index (χ2n) is 4.24. The summed E-state index contributed by atoms with van der Waals surface area (Å²) in [6, 6.07) is 9.22. The Kier molecular flexibility index (Phi) is 2.57. The lowest BCUT2D eigenvalue weighted by molar-refractivity contribution is 0.525. The molecular formula is C14H13N3O. The van der Waals surface area contributed by atoms with Crippen molar-refractivity contribution in [1.29, 1.82) is 0 Å². The Labute approximate surface area is 104 Å². The summed E-state index contributed by atoms with van der Waals surface area (Å²) in [7, 11) is 0. The van der Waals surface area contributed by atoms with Crippen LogP contribution in [0.2, 0.25) is 0 Å². The molecule has 4 nitrogen and oxygen atoms in total. The maximum absolute atomic E-state index is 6.17. The molecule has 4 heteroatoms. The van der Waals surface area contributed by atoms with Crippen LogP contribution in [0.1, 0.15) is 23.1 Å². The van der Waals surface area contributed by atoms with Crippen LogP contribution in [0.15, 0.2) is 47.1 Å². The van der Waals surface area contributed by atoms with E-state index in [4.69, 9.17) is 10.2 Å². The molecule has 0 bridgehead atoms. The third-order valence-corrected chi connectivity index (χ3v) is 2.90. The zero-order valence-electron chi connectivity index (χ0n) is 10.00. The van der Waals surface area contributed by atoms with Crippen LogP contribution in [0, 0.1) is 6.92 Å². The maximum atomic E-state index is 6.17. The predicted molar refractivity (Wildman–Crippen MR) is 69.0 cm³/mol. The number of hydrogen-bond donors (Lipinski definition) is 1. The highest BCUT2D eigenvalue weighted by atomic mass is 16.3. The molecule has 0 saturated heterocycles. The van der Waals surface area contributed by atoms with Gasteiger partial charge in [-0.25, -0.2) is 4.98 Å². The summed E-state index contributed by atoms with van der Waals surface area (Å²) < 4.78 is 5.73. The number of fused-ring (bicyclic) bond motifs is 1. The van der Waals surface area contributed by atoms with E-state index in [1.54, 1.807) is 12.4 Å². The second kappa shape index (κ2) is 4.23. The van der Waals surface area contributed by atoms with E-state index in [1.165, 1.54) is 0 Å². The molecule has 3 aromatic heterocycles. The van der Waals surface area contributed by atoms with Crippen LogP contribution in [0.3, 0.4) is 0 Å². The fourth-order valence-corrected chi connectivity index (χ4v) is 1.93. The molecule has 1 unspecified atom stereocenters. The van der Waals surface area contributed by atoms with Gasteiger partial charge in [0, 0.05) is 24.2 Å². The highest BCUT2D eigenvalue weighted by Crippen LogP contribution is 2.25. The number of nitrogens with two attached hydrogens (primary N) is 1. The first-order valence-electron chi connectivity index (χ1n) is 5.76. The minimum Gasteiger partial charge on any atom is -0.457 e. The first-order chi connectivity index (χ1) is 8.74. The molecule has 90 valence electrons. The number of nitrogens with zero attached hydrogens (tertiary/aromatic N) is 2. The summed E-state index contributed by atoms with van der Waals surface area (Å²) in [5.74, 6) is 0.717. The first kappa shape index (κ1) is 10.9. The van der Waals surface area contributed by atoms with Crippen molar-refractivity contribution in [3.8, 4) is 0 Å². The third-order valence-electron chi connectivity index (χ3n) is 2.90. The molecule has 3 rings (SSSR count). The number of hydrogen-bond acceptors (Lipinski definition) is 4. The average molecular weight is 239 g/mol. The number of aryl methyl sites for hydroxylation is 1. The van der Waals surface area contributed by atoms with Gasteiger partial charge >= 0.3 is 0 Å². The van der Waals surface area contributed by atoms with Crippen molar-refractivity contribution in [2.24, 2.45) is 5.73 Å². The molecule has 1 atom stereocenters. The van der Waals surface area contributed by atoms with Gasteiger partial charge in [0.1, 0.15) is 11.3 Å². The minimum absolute atomic E-state index is 0.289. The highest BCUT2D eigenvalue weighted by molar-refractivity contribution is 5.73. The Balaban J connectivity index is 2.04. The van der Waals surface area contributed by atoms with Gasteiger partial charge in [0.05, 0.1) is 6.04 Å². The van der Waals surface area contributed by atoms with Crippen LogP contribution < -0.4 is 5.73 Å². The highest BCUT2D eigenvalue weighted by Gasteiger charge is 2.14. The quantitative estimate of drug-likeness (QED) is 0.746. The van der Waals surface area contributed by atoms with E-state index < -0.39 is 0 Å². The SMILES string of the molecule is Cc1ccc2oc(C(N)c3ccncc3)cc2n1. The van der Waals surface area contributed by atoms with Crippen LogP contribution in [0.25, 0.3) is 11.1 Å². The minimum atomic E-state index is -0.289. The molecular weight excluding hydrogens is 226 g/mol. The molecule has 0 fully saturated rings. The summed E-state index contributed by atoms with van der Waals surface area (Å²) in [4.78, 5) is 8.39. The van der Waals surface area contributed by atoms with Crippen molar-refractivity contribution in [2.75, 3.05) is 0 Å². The Morgan fingerprint density at radius 2 is 1.94 bits per heavy atom. The molecule has 3 heterocycles. The van der Waals surface area contributed by atoms with E-state index in [0.717, 1.165) is 22.4 Å². The summed E-state index contributed by atoms with van der Waals surface area (Å²) in [5.41, 5.74) is 9.71. The van der Waals surface area contributed by atoms with Crippen LogP contribution in [0.5, 0.6) is 0 Å². The van der Waals surface area contributed by atoms with E-state index in [9.17, 15) is 0 Å². The van der Waals surface area contributed by atoms with Crippen LogP contribution in [0.4, 0.5) is 0 Å². The largest absolute Gasteiger partial charge is 0.457 e. The van der Waals surface area contributed by atoms with Crippen molar-refractivity contribution < 1.29 is 4.42 Å². The van der Waals surface area contributed by atoms with Gasteiger partial charge in [0.15, 0.2) is 5.58 Å². The molecule has 18 heavy (non-hydrogen) atoms.